The van der Waals surface area contributed by atoms with Gasteiger partial charge in [0.2, 0.25) is 0 Å². The van der Waals surface area contributed by atoms with E-state index in [1.165, 1.54) is 16.8 Å². The van der Waals surface area contributed by atoms with Gasteiger partial charge in [-0.1, -0.05) is 24.3 Å². The summed E-state index contributed by atoms with van der Waals surface area (Å²) in [5.41, 5.74) is 0.447. The molecule has 2 heterocycles. The highest BCUT2D eigenvalue weighted by molar-refractivity contribution is 6.02. The highest BCUT2D eigenvalue weighted by atomic mass is 19.4. The zero-order chi connectivity index (χ0) is 21.4. The van der Waals surface area contributed by atoms with Crippen LogP contribution in [-0.2, 0) is 11.7 Å². The number of carboxylic acid groups (broad SMARTS) is 1. The van der Waals surface area contributed by atoms with Crippen LogP contribution >= 0.6 is 0 Å². The lowest BCUT2D eigenvalue weighted by molar-refractivity contribution is -0.144. The van der Waals surface area contributed by atoms with Gasteiger partial charge in [-0.3, -0.25) is 5.10 Å². The van der Waals surface area contributed by atoms with Gasteiger partial charge in [0.25, 0.3) is 0 Å². The number of H-pyrrole nitrogens is 1. The van der Waals surface area contributed by atoms with Crippen molar-refractivity contribution < 1.29 is 23.1 Å². The Morgan fingerprint density at radius 3 is 2.38 bits per heavy atom. The van der Waals surface area contributed by atoms with Gasteiger partial charge in [0.1, 0.15) is 5.69 Å². The number of carboxylic acids is 1. The molecule has 2 aromatic heterocycles. The van der Waals surface area contributed by atoms with E-state index in [0.717, 1.165) is 5.52 Å². The highest BCUT2D eigenvalue weighted by Gasteiger charge is 2.37. The Hall–Kier alpha value is -3.29. The Balaban J connectivity index is 0.000000176. The van der Waals surface area contributed by atoms with Crippen LogP contribution in [0, 0.1) is 0 Å². The number of hydrogen-bond donors (Lipinski definition) is 2. The fourth-order valence-corrected chi connectivity index (χ4v) is 3.24. The SMILES string of the molecule is CC(C)(C)n1c(C(F)(F)F)cc2ccccc21.O=C(O)c1cccc2[nH]ncc12. The molecule has 0 saturated heterocycles. The number of nitrogens with one attached hydrogen (secondary N) is 1. The van der Waals surface area contributed by atoms with Crippen LogP contribution < -0.4 is 0 Å². The van der Waals surface area contributed by atoms with E-state index in [4.69, 9.17) is 5.11 Å². The molecule has 2 N–H and O–H groups in total. The molecule has 0 bridgehead atoms. The summed E-state index contributed by atoms with van der Waals surface area (Å²) >= 11 is 0. The Labute approximate surface area is 164 Å². The molecule has 0 aliphatic rings. The number of para-hydroxylation sites is 1. The van der Waals surface area contributed by atoms with Crippen molar-refractivity contribution in [1.82, 2.24) is 14.8 Å². The smallest absolute Gasteiger partial charge is 0.431 e. The van der Waals surface area contributed by atoms with Crippen molar-refractivity contribution in [2.45, 2.75) is 32.5 Å². The molecule has 5 nitrogen and oxygen atoms in total. The molecular formula is C21H20F3N3O2. The van der Waals surface area contributed by atoms with Crippen molar-refractivity contribution in [2.75, 3.05) is 0 Å². The van der Waals surface area contributed by atoms with Crippen molar-refractivity contribution in [2.24, 2.45) is 0 Å². The summed E-state index contributed by atoms with van der Waals surface area (Å²) < 4.78 is 40.3. The summed E-state index contributed by atoms with van der Waals surface area (Å²) in [5.74, 6) is -0.929. The summed E-state index contributed by atoms with van der Waals surface area (Å²) in [5, 5.41) is 16.5. The molecule has 0 spiro atoms. The number of rotatable bonds is 1. The second-order valence-corrected chi connectivity index (χ2v) is 7.53. The van der Waals surface area contributed by atoms with Crippen LogP contribution in [0.4, 0.5) is 13.2 Å². The van der Waals surface area contributed by atoms with Crippen molar-refractivity contribution in [3.63, 3.8) is 0 Å². The van der Waals surface area contributed by atoms with Crippen LogP contribution in [0.2, 0.25) is 0 Å². The molecule has 0 fully saturated rings. The number of aromatic nitrogens is 3. The fourth-order valence-electron chi connectivity index (χ4n) is 3.24. The molecule has 4 rings (SSSR count). The molecule has 0 radical (unpaired) electrons. The monoisotopic (exact) mass is 403 g/mol. The van der Waals surface area contributed by atoms with E-state index in [1.54, 1.807) is 63.2 Å². The molecule has 4 aromatic rings. The molecule has 0 atom stereocenters. The van der Waals surface area contributed by atoms with Crippen LogP contribution in [0.3, 0.4) is 0 Å². The lowest BCUT2D eigenvalue weighted by Gasteiger charge is -2.26. The third-order valence-electron chi connectivity index (χ3n) is 4.39. The van der Waals surface area contributed by atoms with Crippen molar-refractivity contribution >= 4 is 27.8 Å². The average Bonchev–Trinajstić information content (AvgIpc) is 3.25. The van der Waals surface area contributed by atoms with Gasteiger partial charge in [0.15, 0.2) is 0 Å². The minimum Gasteiger partial charge on any atom is -0.478 e. The predicted molar refractivity (Wildman–Crippen MR) is 105 cm³/mol. The Morgan fingerprint density at radius 2 is 1.76 bits per heavy atom. The number of fused-ring (bicyclic) bond motifs is 2. The maximum atomic E-state index is 13.0. The fraction of sp³-hybridized carbons (Fsp3) is 0.238. The molecule has 152 valence electrons. The number of alkyl halides is 3. The van der Waals surface area contributed by atoms with Gasteiger partial charge in [-0.2, -0.15) is 18.3 Å². The number of hydrogen-bond acceptors (Lipinski definition) is 2. The first-order valence-electron chi connectivity index (χ1n) is 8.83. The lowest BCUT2D eigenvalue weighted by atomic mass is 10.1. The molecule has 2 aromatic carbocycles. The number of aromatic amines is 1. The minimum atomic E-state index is -4.33. The topological polar surface area (TPSA) is 70.9 Å². The maximum absolute atomic E-state index is 13.0. The Kier molecular flexibility index (Phi) is 5.13. The van der Waals surface area contributed by atoms with Crippen LogP contribution in [0.15, 0.2) is 54.7 Å². The van der Waals surface area contributed by atoms with Gasteiger partial charge in [-0.15, -0.1) is 0 Å². The summed E-state index contributed by atoms with van der Waals surface area (Å²) in [6.07, 6.45) is -2.81. The van der Waals surface area contributed by atoms with Crippen LogP contribution in [0.25, 0.3) is 21.8 Å². The standard InChI is InChI=1S/C13H14F3N.C8H6N2O2/c1-12(2,3)17-10-7-5-4-6-9(10)8-11(17)13(14,15)16;11-8(12)5-2-1-3-7-6(5)4-9-10-7/h4-8H,1-3H3;1-4H,(H,9,10)(H,11,12). The first-order valence-corrected chi connectivity index (χ1v) is 8.83. The van der Waals surface area contributed by atoms with E-state index in [-0.39, 0.29) is 5.56 Å². The normalized spacial score (nSPS) is 12.1. The lowest BCUT2D eigenvalue weighted by Crippen LogP contribution is -2.27. The third-order valence-corrected chi connectivity index (χ3v) is 4.39. The molecule has 8 heteroatoms. The van der Waals surface area contributed by atoms with E-state index in [1.807, 2.05) is 0 Å². The zero-order valence-corrected chi connectivity index (χ0v) is 16.1. The van der Waals surface area contributed by atoms with E-state index in [9.17, 15) is 18.0 Å². The van der Waals surface area contributed by atoms with Gasteiger partial charge in [0.05, 0.1) is 17.3 Å². The Morgan fingerprint density at radius 1 is 1.07 bits per heavy atom. The molecule has 0 amide bonds. The number of nitrogens with zero attached hydrogens (tertiary/aromatic N) is 2. The molecule has 29 heavy (non-hydrogen) atoms. The van der Waals surface area contributed by atoms with Crippen LogP contribution in [-0.4, -0.2) is 25.8 Å². The second-order valence-electron chi connectivity index (χ2n) is 7.53. The van der Waals surface area contributed by atoms with Gasteiger partial charge >= 0.3 is 12.1 Å². The number of benzene rings is 2. The van der Waals surface area contributed by atoms with Gasteiger partial charge in [0, 0.05) is 21.8 Å². The van der Waals surface area contributed by atoms with Crippen molar-refractivity contribution in [1.29, 1.82) is 0 Å². The maximum Gasteiger partial charge on any atom is 0.431 e. The van der Waals surface area contributed by atoms with Gasteiger partial charge in [-0.05, 0) is 45.0 Å². The first-order chi connectivity index (χ1) is 13.5. The Bertz CT molecular complexity index is 1170. The summed E-state index contributed by atoms with van der Waals surface area (Å²) in [7, 11) is 0. The number of halogens is 3. The van der Waals surface area contributed by atoms with Crippen LogP contribution in [0.1, 0.15) is 36.8 Å². The van der Waals surface area contributed by atoms with E-state index in [2.05, 4.69) is 10.2 Å². The zero-order valence-electron chi connectivity index (χ0n) is 16.1. The van der Waals surface area contributed by atoms with Crippen molar-refractivity contribution in [3.05, 3.63) is 66.0 Å². The molecular weight excluding hydrogens is 383 g/mol. The molecule has 0 saturated carbocycles. The largest absolute Gasteiger partial charge is 0.478 e. The van der Waals surface area contributed by atoms with Gasteiger partial charge in [-0.25, -0.2) is 4.79 Å². The highest BCUT2D eigenvalue weighted by Crippen LogP contribution is 2.37. The molecule has 0 aliphatic heterocycles. The van der Waals surface area contributed by atoms with Gasteiger partial charge < -0.3 is 9.67 Å². The van der Waals surface area contributed by atoms with Crippen LogP contribution in [0.5, 0.6) is 0 Å². The van der Waals surface area contributed by atoms with Crippen molar-refractivity contribution in [3.8, 4) is 0 Å². The number of aromatic carboxylic acids is 1. The van der Waals surface area contributed by atoms with E-state index in [0.29, 0.717) is 16.3 Å². The molecule has 0 unspecified atom stereocenters. The number of carbonyl (C=O) groups is 1. The third kappa shape index (κ3) is 4.11. The summed E-state index contributed by atoms with van der Waals surface area (Å²) in [6.45, 7) is 5.32. The second kappa shape index (κ2) is 7.27. The van der Waals surface area contributed by atoms with E-state index >= 15 is 0 Å². The molecule has 0 aliphatic carbocycles. The first kappa shape index (κ1) is 20.4. The minimum absolute atomic E-state index is 0.279. The predicted octanol–water partition coefficient (Wildman–Crippen LogP) is 5.68. The summed E-state index contributed by atoms with van der Waals surface area (Å²) in [4.78, 5) is 10.7. The van der Waals surface area contributed by atoms with E-state index < -0.39 is 23.4 Å². The summed E-state index contributed by atoms with van der Waals surface area (Å²) in [6, 6.07) is 13.2. The average molecular weight is 403 g/mol. The quantitative estimate of drug-likeness (QED) is 0.430.